The molecule has 0 N–H and O–H groups in total. The highest BCUT2D eigenvalue weighted by atomic mass is 127. The van der Waals surface area contributed by atoms with Gasteiger partial charge in [0.1, 0.15) is 34.5 Å². The Morgan fingerprint density at radius 1 is 0.367 bits per heavy atom. The van der Waals surface area contributed by atoms with Crippen molar-refractivity contribution >= 4 is 81.8 Å². The van der Waals surface area contributed by atoms with Gasteiger partial charge in [-0.05, 0) is 184 Å². The molecule has 7 aromatic rings. The highest BCUT2D eigenvalue weighted by Crippen LogP contribution is 2.42. The van der Waals surface area contributed by atoms with Crippen LogP contribution in [0.2, 0.25) is 0 Å². The third-order valence-electron chi connectivity index (χ3n) is 11.7. The van der Waals surface area contributed by atoms with E-state index in [2.05, 4.69) is 0 Å². The van der Waals surface area contributed by atoms with Crippen LogP contribution in [0.4, 0.5) is 0 Å². The van der Waals surface area contributed by atoms with Crippen molar-refractivity contribution in [3.8, 4) is 57.5 Å². The fourth-order valence-corrected chi connectivity index (χ4v) is 7.74. The van der Waals surface area contributed by atoms with Gasteiger partial charge in [0.05, 0.1) is 46.6 Å². The van der Waals surface area contributed by atoms with Crippen molar-refractivity contribution in [3.05, 3.63) is 191 Å². The van der Waals surface area contributed by atoms with E-state index in [4.69, 9.17) is 48.8 Å². The lowest BCUT2D eigenvalue weighted by atomic mass is 10.2. The molecular weight excluding hydrogens is 1250 g/mol. The smallest absolute Gasteiger partial charge is 0.343 e. The standard InChI is InChI=1S/C60H50I2O17/c1-2-3-33-70-45-20-8-41(9-21-45)57(65)74-51-35-54(77-60(68)44-14-26-48(27-15-44)73-56(64)40-18-30-50(79-62)31-19-40)52(75-58(66)42-10-22-46(23-11-42)71-34-5-4-32-69-37-38-6-7-38)36-53(51)76-59(67)43-12-24-47(25-13-43)72-55(63)39-16-28-49(78-61)29-17-39/h8-31,35-36,38H,2-7,32-34,37H2,1H3. The fraction of sp³-hybridized carbons (Fsp3) is 0.200. The molecule has 1 saturated carbocycles. The van der Waals surface area contributed by atoms with Crippen molar-refractivity contribution < 1.29 is 77.5 Å². The van der Waals surface area contributed by atoms with Gasteiger partial charge < -0.3 is 48.8 Å². The number of benzene rings is 7. The van der Waals surface area contributed by atoms with E-state index in [1.807, 2.05) is 6.92 Å². The molecule has 0 unspecified atom stereocenters. The molecule has 79 heavy (non-hydrogen) atoms. The molecule has 406 valence electrons. The maximum absolute atomic E-state index is 13.9. The summed E-state index contributed by atoms with van der Waals surface area (Å²) in [5, 5.41) is 0. The number of esters is 6. The predicted molar refractivity (Wildman–Crippen MR) is 303 cm³/mol. The molecule has 19 heteroatoms. The van der Waals surface area contributed by atoms with Crippen LogP contribution in [0, 0.1) is 5.92 Å². The molecule has 0 heterocycles. The number of hydrogen-bond acceptors (Lipinski definition) is 17. The lowest BCUT2D eigenvalue weighted by Crippen LogP contribution is -2.16. The summed E-state index contributed by atoms with van der Waals surface area (Å²) < 4.78 is 62.0. The number of unbranched alkanes of at least 4 members (excludes halogenated alkanes) is 2. The van der Waals surface area contributed by atoms with Crippen LogP contribution in [-0.2, 0) is 4.74 Å². The van der Waals surface area contributed by atoms with Crippen molar-refractivity contribution in [2.45, 2.75) is 45.4 Å². The van der Waals surface area contributed by atoms with E-state index in [1.54, 1.807) is 94.5 Å². The summed E-state index contributed by atoms with van der Waals surface area (Å²) in [4.78, 5) is 81.4. The third-order valence-corrected chi connectivity index (χ3v) is 12.7. The van der Waals surface area contributed by atoms with Crippen LogP contribution in [-0.4, -0.2) is 62.2 Å². The average Bonchev–Trinajstić information content (AvgIpc) is 4.33. The van der Waals surface area contributed by atoms with Gasteiger partial charge in [-0.15, -0.1) is 0 Å². The number of halogens is 2. The van der Waals surface area contributed by atoms with Crippen molar-refractivity contribution in [3.63, 3.8) is 0 Å². The monoisotopic (exact) mass is 1300 g/mol. The summed E-state index contributed by atoms with van der Waals surface area (Å²) in [6.45, 7) is 4.39. The lowest BCUT2D eigenvalue weighted by molar-refractivity contribution is 0.0662. The van der Waals surface area contributed by atoms with Gasteiger partial charge in [-0.1, -0.05) is 13.3 Å². The molecule has 8 rings (SSSR count). The van der Waals surface area contributed by atoms with Gasteiger partial charge in [-0.3, -0.25) is 0 Å². The number of rotatable bonds is 26. The van der Waals surface area contributed by atoms with Crippen molar-refractivity contribution in [2.75, 3.05) is 26.4 Å². The lowest BCUT2D eigenvalue weighted by Gasteiger charge is -2.16. The molecule has 0 aromatic heterocycles. The van der Waals surface area contributed by atoms with Crippen LogP contribution in [0.3, 0.4) is 0 Å². The van der Waals surface area contributed by atoms with E-state index in [-0.39, 0.29) is 44.9 Å². The van der Waals surface area contributed by atoms with Crippen LogP contribution in [0.5, 0.6) is 57.5 Å². The number of hydrogen-bond donors (Lipinski definition) is 0. The number of ether oxygens (including phenoxy) is 9. The Bertz CT molecular complexity index is 3220. The van der Waals surface area contributed by atoms with E-state index < -0.39 is 58.8 Å². The Morgan fingerprint density at radius 2 is 0.646 bits per heavy atom. The van der Waals surface area contributed by atoms with Gasteiger partial charge in [-0.25, -0.2) is 28.8 Å². The molecule has 0 atom stereocenters. The van der Waals surface area contributed by atoms with Gasteiger partial charge in [0.25, 0.3) is 0 Å². The minimum atomic E-state index is -0.978. The zero-order chi connectivity index (χ0) is 55.5. The Kier molecular flexibility index (Phi) is 20.7. The van der Waals surface area contributed by atoms with E-state index in [0.29, 0.717) is 48.7 Å². The fourth-order valence-electron chi connectivity index (χ4n) is 7.15. The number of carbonyl (C=O) groups excluding carboxylic acids is 6. The Balaban J connectivity index is 1.06. The molecule has 0 aliphatic heterocycles. The molecule has 1 aliphatic carbocycles. The zero-order valence-electron chi connectivity index (χ0n) is 42.4. The van der Waals surface area contributed by atoms with Crippen molar-refractivity contribution in [2.24, 2.45) is 5.92 Å². The largest absolute Gasteiger partial charge is 0.494 e. The number of carbonyl (C=O) groups is 6. The maximum atomic E-state index is 13.9. The van der Waals surface area contributed by atoms with Crippen LogP contribution < -0.4 is 44.0 Å². The molecule has 1 aliphatic rings. The molecule has 7 aromatic carbocycles. The van der Waals surface area contributed by atoms with Gasteiger partial charge >= 0.3 is 35.8 Å². The molecule has 0 radical (unpaired) electrons. The zero-order valence-corrected chi connectivity index (χ0v) is 46.7. The van der Waals surface area contributed by atoms with Gasteiger partial charge in [0.2, 0.25) is 0 Å². The van der Waals surface area contributed by atoms with Gasteiger partial charge in [0.15, 0.2) is 69.0 Å². The van der Waals surface area contributed by atoms with Crippen LogP contribution in [0.1, 0.15) is 108 Å². The van der Waals surface area contributed by atoms with Crippen molar-refractivity contribution in [1.29, 1.82) is 0 Å². The van der Waals surface area contributed by atoms with E-state index >= 15 is 0 Å². The summed E-state index contributed by atoms with van der Waals surface area (Å²) in [7, 11) is 0. The SMILES string of the molecule is CCCCOc1ccc(C(=O)Oc2cc(OC(=O)c3ccc(OC(=O)c4ccc(OI)cc4)cc3)c(OC(=O)c3ccc(OCCCCOCC4CC4)cc3)cc2OC(=O)c2ccc(OC(=O)c3ccc(OI)cc3)cc2)cc1. The highest BCUT2D eigenvalue weighted by Gasteiger charge is 2.26. The molecule has 17 nitrogen and oxygen atoms in total. The molecule has 0 saturated heterocycles. The third kappa shape index (κ3) is 17.0. The molecule has 0 spiro atoms. The summed E-state index contributed by atoms with van der Waals surface area (Å²) in [6, 6.07) is 37.9. The molecule has 0 bridgehead atoms. The normalized spacial score (nSPS) is 11.6. The first-order valence-electron chi connectivity index (χ1n) is 25.0. The first kappa shape index (κ1) is 57.2. The van der Waals surface area contributed by atoms with E-state index in [1.165, 1.54) is 110 Å². The summed E-state index contributed by atoms with van der Waals surface area (Å²) in [5.74, 6) is -3.80. The second-order valence-corrected chi connectivity index (χ2v) is 18.5. The van der Waals surface area contributed by atoms with Crippen LogP contribution in [0.15, 0.2) is 158 Å². The average molecular weight is 1300 g/mol. The van der Waals surface area contributed by atoms with E-state index in [9.17, 15) is 28.8 Å². The van der Waals surface area contributed by atoms with Crippen LogP contribution >= 0.6 is 46.0 Å². The quantitative estimate of drug-likeness (QED) is 0.0214. The minimum Gasteiger partial charge on any atom is -0.494 e. The Labute approximate surface area is 482 Å². The molecular formula is C60H50I2O17. The summed E-state index contributed by atoms with van der Waals surface area (Å²) >= 11 is 3.45. The summed E-state index contributed by atoms with van der Waals surface area (Å²) in [6.07, 6.45) is 5.81. The Morgan fingerprint density at radius 3 is 0.949 bits per heavy atom. The van der Waals surface area contributed by atoms with Crippen LogP contribution in [0.25, 0.3) is 0 Å². The minimum absolute atomic E-state index is 0.0321. The first-order chi connectivity index (χ1) is 38.4. The van der Waals surface area contributed by atoms with E-state index in [0.717, 1.165) is 44.4 Å². The topological polar surface area (TPSA) is 204 Å². The Hall–Kier alpha value is -8.02. The molecule has 1 fully saturated rings. The second-order valence-electron chi connectivity index (χ2n) is 17.7. The first-order valence-corrected chi connectivity index (χ1v) is 26.7. The highest BCUT2D eigenvalue weighted by molar-refractivity contribution is 14.1. The summed E-state index contributed by atoms with van der Waals surface area (Å²) in [5.41, 5.74) is 0.588. The molecule has 0 amide bonds. The second kappa shape index (κ2) is 28.6. The van der Waals surface area contributed by atoms with Crippen molar-refractivity contribution in [1.82, 2.24) is 0 Å². The van der Waals surface area contributed by atoms with Gasteiger partial charge in [-0.2, -0.15) is 0 Å². The maximum Gasteiger partial charge on any atom is 0.343 e. The van der Waals surface area contributed by atoms with Gasteiger partial charge in [0, 0.05) is 25.3 Å². The predicted octanol–water partition coefficient (Wildman–Crippen LogP) is 13.2.